The fourth-order valence-electron chi connectivity index (χ4n) is 2.47. The number of anilines is 1. The van der Waals surface area contributed by atoms with Crippen LogP contribution < -0.4 is 15.8 Å². The summed E-state index contributed by atoms with van der Waals surface area (Å²) in [5.41, 5.74) is 8.03. The molecule has 3 rings (SSSR count). The van der Waals surface area contributed by atoms with E-state index in [2.05, 4.69) is 15.3 Å². The van der Waals surface area contributed by atoms with Gasteiger partial charge in [-0.25, -0.2) is 9.37 Å². The molecule has 0 unspecified atom stereocenters. The maximum absolute atomic E-state index is 13.4. The number of ether oxygens (including phenoxy) is 2. The van der Waals surface area contributed by atoms with E-state index >= 15 is 0 Å². The van der Waals surface area contributed by atoms with E-state index in [1.807, 2.05) is 24.3 Å². The van der Waals surface area contributed by atoms with Crippen molar-refractivity contribution in [3.8, 4) is 17.0 Å². The molecule has 1 heterocycles. The number of nitrogens with two attached hydrogens (primary N) is 1. The number of guanidine groups is 1. The summed E-state index contributed by atoms with van der Waals surface area (Å²) in [6, 6.07) is 18.9. The Morgan fingerprint density at radius 2 is 1.86 bits per heavy atom. The van der Waals surface area contributed by atoms with Crippen LogP contribution in [0.15, 0.2) is 71.7 Å². The number of nitrogens with one attached hydrogen (secondary N) is 1. The first kappa shape index (κ1) is 19.3. The van der Waals surface area contributed by atoms with Crippen molar-refractivity contribution in [2.75, 3.05) is 25.6 Å². The quantitative estimate of drug-likeness (QED) is 0.368. The van der Waals surface area contributed by atoms with Crippen LogP contribution in [0.3, 0.4) is 0 Å². The Morgan fingerprint density at radius 1 is 1.07 bits per heavy atom. The van der Waals surface area contributed by atoms with E-state index in [1.165, 1.54) is 12.1 Å². The van der Waals surface area contributed by atoms with Crippen LogP contribution in [0, 0.1) is 5.82 Å². The first-order valence-corrected chi connectivity index (χ1v) is 8.70. The van der Waals surface area contributed by atoms with Gasteiger partial charge < -0.3 is 20.5 Å². The molecular weight excluding hydrogens is 359 g/mol. The second-order valence-corrected chi connectivity index (χ2v) is 5.88. The number of hydrogen-bond acceptors (Lipinski definition) is 4. The molecule has 0 amide bonds. The Bertz CT molecular complexity index is 945. The number of pyridine rings is 1. The minimum Gasteiger partial charge on any atom is -0.491 e. The molecule has 0 atom stereocenters. The van der Waals surface area contributed by atoms with E-state index in [4.69, 9.17) is 15.2 Å². The van der Waals surface area contributed by atoms with Crippen molar-refractivity contribution in [3.63, 3.8) is 0 Å². The Morgan fingerprint density at radius 3 is 2.61 bits per heavy atom. The van der Waals surface area contributed by atoms with Gasteiger partial charge in [-0.1, -0.05) is 18.2 Å². The van der Waals surface area contributed by atoms with Crippen molar-refractivity contribution in [2.24, 2.45) is 10.7 Å². The number of nitrogens with zero attached hydrogens (tertiary/aromatic N) is 2. The van der Waals surface area contributed by atoms with Crippen LogP contribution in [-0.2, 0) is 4.74 Å². The molecule has 2 aromatic carbocycles. The molecule has 0 spiro atoms. The number of aromatic nitrogens is 1. The lowest BCUT2D eigenvalue weighted by Gasteiger charge is -2.08. The highest BCUT2D eigenvalue weighted by Crippen LogP contribution is 2.21. The molecule has 0 aliphatic carbocycles. The van der Waals surface area contributed by atoms with Crippen LogP contribution in [0.5, 0.6) is 5.75 Å². The van der Waals surface area contributed by atoms with E-state index in [0.717, 1.165) is 11.4 Å². The van der Waals surface area contributed by atoms with Gasteiger partial charge in [0.1, 0.15) is 18.2 Å². The SMILES string of the molecule is COCCOc1ccc(N/C(N)=N/c2cccc(-c3cccc(F)c3)n2)cc1. The number of rotatable bonds is 7. The van der Waals surface area contributed by atoms with Crippen molar-refractivity contribution >= 4 is 17.5 Å². The Kier molecular flexibility index (Phi) is 6.54. The predicted molar refractivity (Wildman–Crippen MR) is 108 cm³/mol. The van der Waals surface area contributed by atoms with E-state index < -0.39 is 0 Å². The highest BCUT2D eigenvalue weighted by Gasteiger charge is 2.03. The standard InChI is InChI=1S/C21H21FN4O2/c1-27-12-13-28-18-10-8-17(9-11-18)24-21(23)26-20-7-3-6-19(25-20)15-4-2-5-16(22)14-15/h2-11,14H,12-13H2,1H3,(H3,23,24,25,26). The second-order valence-electron chi connectivity index (χ2n) is 5.88. The lowest BCUT2D eigenvalue weighted by atomic mass is 10.1. The van der Waals surface area contributed by atoms with Gasteiger partial charge in [-0.15, -0.1) is 0 Å². The van der Waals surface area contributed by atoms with Crippen LogP contribution >= 0.6 is 0 Å². The predicted octanol–water partition coefficient (Wildman–Crippen LogP) is 3.97. The molecular formula is C21H21FN4O2. The van der Waals surface area contributed by atoms with Crippen LogP contribution in [-0.4, -0.2) is 31.3 Å². The van der Waals surface area contributed by atoms with E-state index in [9.17, 15) is 4.39 Å². The zero-order chi connectivity index (χ0) is 19.8. The smallest absolute Gasteiger partial charge is 0.199 e. The molecule has 3 N–H and O–H groups in total. The summed E-state index contributed by atoms with van der Waals surface area (Å²) >= 11 is 0. The number of aliphatic imine (C=N–C) groups is 1. The minimum absolute atomic E-state index is 0.192. The van der Waals surface area contributed by atoms with Crippen molar-refractivity contribution < 1.29 is 13.9 Å². The van der Waals surface area contributed by atoms with Gasteiger partial charge in [0.2, 0.25) is 0 Å². The largest absolute Gasteiger partial charge is 0.491 e. The molecule has 0 saturated heterocycles. The first-order chi connectivity index (χ1) is 13.6. The molecule has 0 fully saturated rings. The Labute approximate surface area is 162 Å². The molecule has 7 heteroatoms. The second kappa shape index (κ2) is 9.48. The lowest BCUT2D eigenvalue weighted by molar-refractivity contribution is 0.146. The Balaban J connectivity index is 1.67. The Hall–Kier alpha value is -3.45. The van der Waals surface area contributed by atoms with Gasteiger partial charge in [0.15, 0.2) is 11.8 Å². The molecule has 0 aliphatic rings. The molecule has 6 nitrogen and oxygen atoms in total. The molecule has 144 valence electrons. The number of hydrogen-bond donors (Lipinski definition) is 2. The van der Waals surface area contributed by atoms with Gasteiger partial charge in [-0.3, -0.25) is 0 Å². The average Bonchev–Trinajstić information content (AvgIpc) is 2.70. The molecule has 0 aliphatic heterocycles. The molecule has 1 aromatic heterocycles. The van der Waals surface area contributed by atoms with Gasteiger partial charge >= 0.3 is 0 Å². The molecule has 0 saturated carbocycles. The molecule has 3 aromatic rings. The summed E-state index contributed by atoms with van der Waals surface area (Å²) in [6.45, 7) is 1.02. The highest BCUT2D eigenvalue weighted by atomic mass is 19.1. The topological polar surface area (TPSA) is 81.8 Å². The number of benzene rings is 2. The van der Waals surface area contributed by atoms with Crippen molar-refractivity contribution in [1.82, 2.24) is 4.98 Å². The fourth-order valence-corrected chi connectivity index (χ4v) is 2.47. The minimum atomic E-state index is -0.316. The van der Waals surface area contributed by atoms with Gasteiger partial charge in [-0.05, 0) is 48.5 Å². The van der Waals surface area contributed by atoms with Crippen molar-refractivity contribution in [2.45, 2.75) is 0 Å². The maximum atomic E-state index is 13.4. The lowest BCUT2D eigenvalue weighted by Crippen LogP contribution is -2.22. The zero-order valence-electron chi connectivity index (χ0n) is 15.4. The van der Waals surface area contributed by atoms with Crippen LogP contribution in [0.2, 0.25) is 0 Å². The average molecular weight is 380 g/mol. The summed E-state index contributed by atoms with van der Waals surface area (Å²) in [7, 11) is 1.63. The third-order valence-corrected chi connectivity index (χ3v) is 3.77. The van der Waals surface area contributed by atoms with Crippen LogP contribution in [0.25, 0.3) is 11.3 Å². The molecule has 0 bridgehead atoms. The van der Waals surface area contributed by atoms with E-state index in [0.29, 0.717) is 30.3 Å². The van der Waals surface area contributed by atoms with Crippen LogP contribution in [0.4, 0.5) is 15.9 Å². The van der Waals surface area contributed by atoms with Crippen LogP contribution in [0.1, 0.15) is 0 Å². The maximum Gasteiger partial charge on any atom is 0.199 e. The third-order valence-electron chi connectivity index (χ3n) is 3.77. The number of halogens is 1. The summed E-state index contributed by atoms with van der Waals surface area (Å²) in [4.78, 5) is 8.69. The third kappa shape index (κ3) is 5.52. The normalized spacial score (nSPS) is 11.3. The molecule has 28 heavy (non-hydrogen) atoms. The number of methoxy groups -OCH3 is 1. The fraction of sp³-hybridized carbons (Fsp3) is 0.143. The van der Waals surface area contributed by atoms with Gasteiger partial charge in [0.25, 0.3) is 0 Å². The summed E-state index contributed by atoms with van der Waals surface area (Å²) < 4.78 is 23.9. The summed E-state index contributed by atoms with van der Waals surface area (Å²) in [5.74, 6) is 1.04. The van der Waals surface area contributed by atoms with Crippen molar-refractivity contribution in [3.05, 3.63) is 72.5 Å². The highest BCUT2D eigenvalue weighted by molar-refractivity contribution is 5.93. The van der Waals surface area contributed by atoms with E-state index in [1.54, 1.807) is 37.4 Å². The summed E-state index contributed by atoms with van der Waals surface area (Å²) in [5, 5.41) is 3.00. The van der Waals surface area contributed by atoms with Crippen molar-refractivity contribution in [1.29, 1.82) is 0 Å². The van der Waals surface area contributed by atoms with Gasteiger partial charge in [0, 0.05) is 18.4 Å². The summed E-state index contributed by atoms with van der Waals surface area (Å²) in [6.07, 6.45) is 0. The van der Waals surface area contributed by atoms with E-state index in [-0.39, 0.29) is 11.8 Å². The van der Waals surface area contributed by atoms with Gasteiger partial charge in [-0.2, -0.15) is 4.99 Å². The monoisotopic (exact) mass is 380 g/mol. The first-order valence-electron chi connectivity index (χ1n) is 8.70. The zero-order valence-corrected chi connectivity index (χ0v) is 15.4. The molecule has 0 radical (unpaired) electrons. The van der Waals surface area contributed by atoms with Gasteiger partial charge in [0.05, 0.1) is 12.3 Å².